The first-order valence-electron chi connectivity index (χ1n) is 9.44. The third-order valence-corrected chi connectivity index (χ3v) is 5.21. The largest absolute Gasteiger partial charge is 0.465 e. The smallest absolute Gasteiger partial charge is 0.337 e. The van der Waals surface area contributed by atoms with E-state index >= 15 is 0 Å². The van der Waals surface area contributed by atoms with Crippen LogP contribution < -0.4 is 4.84 Å². The van der Waals surface area contributed by atoms with Crippen molar-refractivity contribution in [2.75, 3.05) is 13.7 Å². The van der Waals surface area contributed by atoms with Crippen LogP contribution >= 0.6 is 11.6 Å². The zero-order valence-electron chi connectivity index (χ0n) is 17.1. The Morgan fingerprint density at radius 3 is 2.52 bits per heavy atom. The topological polar surface area (TPSA) is 88.2 Å². The van der Waals surface area contributed by atoms with E-state index in [9.17, 15) is 9.59 Å². The molecule has 0 bridgehead atoms. The quantitative estimate of drug-likeness (QED) is 0.337. The summed E-state index contributed by atoms with van der Waals surface area (Å²) in [5.41, 5.74) is 4.67. The van der Waals surface area contributed by atoms with Crippen molar-refractivity contribution in [1.29, 1.82) is 0 Å². The summed E-state index contributed by atoms with van der Waals surface area (Å²) >= 11 is 6.02. The number of halogens is 1. The lowest BCUT2D eigenvalue weighted by Gasteiger charge is -2.11. The van der Waals surface area contributed by atoms with Gasteiger partial charge in [-0.25, -0.2) is 4.79 Å². The molecule has 0 aliphatic rings. The number of benzene rings is 2. The molecular weight excluding hydrogens is 420 g/mol. The molecule has 0 spiro atoms. The highest BCUT2D eigenvalue weighted by atomic mass is 35.5. The average Bonchev–Trinajstić information content (AvgIpc) is 3.31. The van der Waals surface area contributed by atoms with E-state index in [1.54, 1.807) is 30.3 Å². The van der Waals surface area contributed by atoms with E-state index in [1.807, 2.05) is 36.6 Å². The highest BCUT2D eigenvalue weighted by Crippen LogP contribution is 2.22. The minimum absolute atomic E-state index is 0.198. The normalized spacial score (nSPS) is 11.0. The molecule has 0 atom stereocenters. The monoisotopic (exact) mass is 438 g/mol. The number of aryl methyl sites for hydroxylation is 1. The molecular formula is C22H19ClN4O4. The molecule has 0 unspecified atom stereocenters. The van der Waals surface area contributed by atoms with Gasteiger partial charge in [-0.15, -0.1) is 5.10 Å². The SMILES string of the molecule is COC(=O)c1ccc(-n2c(C)cc(C(=O)COn3nnc4ccc(Cl)cc43)c2C)cc1. The minimum atomic E-state index is -0.401. The van der Waals surface area contributed by atoms with Gasteiger partial charge in [0.1, 0.15) is 11.0 Å². The van der Waals surface area contributed by atoms with Gasteiger partial charge in [-0.2, -0.15) is 0 Å². The van der Waals surface area contributed by atoms with E-state index in [0.717, 1.165) is 17.1 Å². The molecule has 0 aliphatic heterocycles. The van der Waals surface area contributed by atoms with Gasteiger partial charge < -0.3 is 14.1 Å². The lowest BCUT2D eigenvalue weighted by molar-refractivity contribution is 0.0600. The van der Waals surface area contributed by atoms with Crippen molar-refractivity contribution < 1.29 is 19.2 Å². The second-order valence-corrected chi connectivity index (χ2v) is 7.39. The second kappa shape index (κ2) is 8.23. The van der Waals surface area contributed by atoms with Crippen molar-refractivity contribution in [2.45, 2.75) is 13.8 Å². The zero-order chi connectivity index (χ0) is 22.1. The molecule has 0 aliphatic carbocycles. The van der Waals surface area contributed by atoms with E-state index in [-0.39, 0.29) is 12.4 Å². The lowest BCUT2D eigenvalue weighted by atomic mass is 10.1. The van der Waals surface area contributed by atoms with Gasteiger partial charge in [0.25, 0.3) is 0 Å². The number of fused-ring (bicyclic) bond motifs is 1. The summed E-state index contributed by atoms with van der Waals surface area (Å²) in [6, 6.07) is 13.9. The van der Waals surface area contributed by atoms with Crippen molar-refractivity contribution in [3.05, 3.63) is 76.1 Å². The number of ether oxygens (including phenoxy) is 1. The predicted molar refractivity (Wildman–Crippen MR) is 115 cm³/mol. The molecule has 0 saturated heterocycles. The number of ketones is 1. The fraction of sp³-hybridized carbons (Fsp3) is 0.182. The summed E-state index contributed by atoms with van der Waals surface area (Å²) in [5.74, 6) is -0.598. The van der Waals surface area contributed by atoms with Gasteiger partial charge in [-0.1, -0.05) is 16.4 Å². The molecule has 4 aromatic rings. The zero-order valence-corrected chi connectivity index (χ0v) is 17.9. The Balaban J connectivity index is 1.55. The van der Waals surface area contributed by atoms with E-state index in [0.29, 0.717) is 27.2 Å². The molecule has 0 radical (unpaired) electrons. The fourth-order valence-corrected chi connectivity index (χ4v) is 3.64. The van der Waals surface area contributed by atoms with Crippen LogP contribution in [0.4, 0.5) is 0 Å². The Labute approximate surface area is 182 Å². The Bertz CT molecular complexity index is 1290. The Morgan fingerprint density at radius 1 is 1.06 bits per heavy atom. The second-order valence-electron chi connectivity index (χ2n) is 6.95. The maximum Gasteiger partial charge on any atom is 0.337 e. The van der Waals surface area contributed by atoms with Gasteiger partial charge in [0, 0.05) is 27.7 Å². The number of esters is 1. The van der Waals surface area contributed by atoms with Crippen molar-refractivity contribution in [3.8, 4) is 5.69 Å². The first-order valence-corrected chi connectivity index (χ1v) is 9.82. The molecule has 2 aromatic carbocycles. The molecule has 158 valence electrons. The molecule has 0 fully saturated rings. The third kappa shape index (κ3) is 3.89. The molecule has 9 heteroatoms. The summed E-state index contributed by atoms with van der Waals surface area (Å²) < 4.78 is 6.68. The van der Waals surface area contributed by atoms with Gasteiger partial charge >= 0.3 is 5.97 Å². The molecule has 2 heterocycles. The van der Waals surface area contributed by atoms with Crippen LogP contribution in [0.2, 0.25) is 5.02 Å². The molecule has 4 rings (SSSR count). The first kappa shape index (κ1) is 20.6. The van der Waals surface area contributed by atoms with E-state index in [1.165, 1.54) is 12.0 Å². The minimum Gasteiger partial charge on any atom is -0.465 e. The van der Waals surface area contributed by atoms with Crippen LogP contribution in [0.25, 0.3) is 16.7 Å². The first-order chi connectivity index (χ1) is 14.9. The number of methoxy groups -OCH3 is 1. The van der Waals surface area contributed by atoms with Crippen LogP contribution in [0.15, 0.2) is 48.5 Å². The predicted octanol–water partition coefficient (Wildman–Crippen LogP) is 3.59. The molecule has 8 nitrogen and oxygen atoms in total. The van der Waals surface area contributed by atoms with Crippen molar-refractivity contribution in [3.63, 3.8) is 0 Å². The number of hydrogen-bond acceptors (Lipinski definition) is 6. The number of rotatable bonds is 6. The van der Waals surface area contributed by atoms with Crippen LogP contribution in [-0.4, -0.2) is 45.2 Å². The van der Waals surface area contributed by atoms with Gasteiger partial charge in [-0.3, -0.25) is 4.79 Å². The number of Topliss-reactive ketones (excluding diaryl/α,β-unsaturated/α-hetero) is 1. The van der Waals surface area contributed by atoms with Crippen LogP contribution in [-0.2, 0) is 4.74 Å². The molecule has 0 saturated carbocycles. The molecule has 31 heavy (non-hydrogen) atoms. The standard InChI is InChI=1S/C22H19ClN4O4/c1-13-10-18(14(2)26(13)17-7-4-15(5-8-17)22(29)30-3)21(28)12-31-27-20-11-16(23)6-9-19(20)24-25-27/h4-11H,12H2,1-3H3. The van der Waals surface area contributed by atoms with Crippen LogP contribution in [0.3, 0.4) is 0 Å². The van der Waals surface area contributed by atoms with Crippen molar-refractivity contribution in [1.82, 2.24) is 19.7 Å². The summed E-state index contributed by atoms with van der Waals surface area (Å²) in [6.07, 6.45) is 0. The molecule has 0 amide bonds. The Morgan fingerprint density at radius 2 is 1.81 bits per heavy atom. The van der Waals surface area contributed by atoms with Gasteiger partial charge in [0.2, 0.25) is 5.78 Å². The lowest BCUT2D eigenvalue weighted by Crippen LogP contribution is -2.21. The van der Waals surface area contributed by atoms with E-state index in [2.05, 4.69) is 10.3 Å². The Hall–Kier alpha value is -3.65. The Kier molecular flexibility index (Phi) is 5.48. The van der Waals surface area contributed by atoms with Gasteiger partial charge in [-0.05, 0) is 67.6 Å². The number of aromatic nitrogens is 4. The summed E-state index contributed by atoms with van der Waals surface area (Å²) in [7, 11) is 1.34. The van der Waals surface area contributed by atoms with Gasteiger partial charge in [0.15, 0.2) is 6.61 Å². The highest BCUT2D eigenvalue weighted by molar-refractivity contribution is 6.31. The van der Waals surface area contributed by atoms with Crippen LogP contribution in [0.1, 0.15) is 32.1 Å². The fourth-order valence-electron chi connectivity index (χ4n) is 3.47. The molecule has 2 aromatic heterocycles. The summed E-state index contributed by atoms with van der Waals surface area (Å²) in [4.78, 5) is 31.3. The number of hydrogen-bond donors (Lipinski definition) is 0. The van der Waals surface area contributed by atoms with Crippen LogP contribution in [0.5, 0.6) is 0 Å². The average molecular weight is 439 g/mol. The summed E-state index contributed by atoms with van der Waals surface area (Å²) in [5, 5.41) is 8.43. The third-order valence-electron chi connectivity index (χ3n) is 4.97. The maximum absolute atomic E-state index is 12.9. The van der Waals surface area contributed by atoms with Crippen molar-refractivity contribution in [2.24, 2.45) is 0 Å². The number of nitrogens with zero attached hydrogens (tertiary/aromatic N) is 4. The number of carbonyl (C=O) groups is 2. The van der Waals surface area contributed by atoms with E-state index < -0.39 is 5.97 Å². The number of carbonyl (C=O) groups excluding carboxylic acids is 2. The summed E-state index contributed by atoms with van der Waals surface area (Å²) in [6.45, 7) is 3.56. The highest BCUT2D eigenvalue weighted by Gasteiger charge is 2.18. The van der Waals surface area contributed by atoms with Gasteiger partial charge in [0.05, 0.1) is 12.7 Å². The molecule has 0 N–H and O–H groups in total. The maximum atomic E-state index is 12.9. The van der Waals surface area contributed by atoms with E-state index in [4.69, 9.17) is 21.2 Å². The van der Waals surface area contributed by atoms with Crippen molar-refractivity contribution >= 4 is 34.4 Å². The van der Waals surface area contributed by atoms with Crippen LogP contribution in [0, 0.1) is 13.8 Å².